The summed E-state index contributed by atoms with van der Waals surface area (Å²) in [5.41, 5.74) is 2.76. The molecule has 0 aliphatic heterocycles. The molecule has 1 heterocycles. The van der Waals surface area contributed by atoms with E-state index in [0.717, 1.165) is 24.0 Å². The second kappa shape index (κ2) is 4.37. The Morgan fingerprint density at radius 2 is 2.00 bits per heavy atom. The zero-order chi connectivity index (χ0) is 12.5. The number of anilines is 1. The van der Waals surface area contributed by atoms with Crippen LogP contribution in [0.15, 0.2) is 36.7 Å². The highest BCUT2D eigenvalue weighted by Crippen LogP contribution is 2.34. The first kappa shape index (κ1) is 11.1. The second-order valence-electron chi connectivity index (χ2n) is 4.47. The van der Waals surface area contributed by atoms with Crippen LogP contribution in [-0.4, -0.2) is 4.98 Å². The minimum absolute atomic E-state index is 0.101. The van der Waals surface area contributed by atoms with Crippen LogP contribution in [0.3, 0.4) is 0 Å². The summed E-state index contributed by atoms with van der Waals surface area (Å²) in [7, 11) is 0. The predicted molar refractivity (Wildman–Crippen MR) is 65.3 cm³/mol. The van der Waals surface area contributed by atoms with Crippen molar-refractivity contribution in [2.75, 3.05) is 5.32 Å². The lowest BCUT2D eigenvalue weighted by atomic mass is 10.1. The molecule has 1 N–H and O–H groups in total. The highest BCUT2D eigenvalue weighted by atomic mass is 19.1. The number of halogens is 2. The Kier molecular flexibility index (Phi) is 2.70. The average Bonchev–Trinajstić information content (AvgIpc) is 2.72. The molecule has 1 aliphatic carbocycles. The number of pyridine rings is 1. The van der Waals surface area contributed by atoms with E-state index in [1.54, 1.807) is 18.3 Å². The Balaban J connectivity index is 1.85. The van der Waals surface area contributed by atoms with Crippen LogP contribution in [0.1, 0.15) is 23.6 Å². The molecule has 92 valence electrons. The van der Waals surface area contributed by atoms with E-state index in [1.807, 2.05) is 0 Å². The standard InChI is InChI=1S/C14H12F2N2/c15-10-2-3-13-9(5-10)1-4-14(13)18-12-6-11(16)7-17-8-12/h2-3,5-8,14,18H,1,4H2. The van der Waals surface area contributed by atoms with Crippen LogP contribution < -0.4 is 5.32 Å². The Labute approximate surface area is 104 Å². The third kappa shape index (κ3) is 2.06. The Hall–Kier alpha value is -1.97. The first-order valence-electron chi connectivity index (χ1n) is 5.88. The van der Waals surface area contributed by atoms with Crippen molar-refractivity contribution in [3.63, 3.8) is 0 Å². The van der Waals surface area contributed by atoms with Crippen LogP contribution in [0.25, 0.3) is 0 Å². The minimum Gasteiger partial charge on any atom is -0.377 e. The van der Waals surface area contributed by atoms with E-state index in [4.69, 9.17) is 0 Å². The normalized spacial score (nSPS) is 17.6. The zero-order valence-electron chi connectivity index (χ0n) is 9.66. The van der Waals surface area contributed by atoms with E-state index in [-0.39, 0.29) is 17.7 Å². The molecule has 0 amide bonds. The van der Waals surface area contributed by atoms with Gasteiger partial charge >= 0.3 is 0 Å². The summed E-state index contributed by atoms with van der Waals surface area (Å²) in [6.45, 7) is 0. The quantitative estimate of drug-likeness (QED) is 0.877. The molecule has 2 nitrogen and oxygen atoms in total. The molecule has 0 spiro atoms. The molecule has 0 saturated carbocycles. The number of nitrogens with zero attached hydrogens (tertiary/aromatic N) is 1. The number of hydrogen-bond donors (Lipinski definition) is 1. The zero-order valence-corrected chi connectivity index (χ0v) is 9.66. The minimum atomic E-state index is -0.364. The summed E-state index contributed by atoms with van der Waals surface area (Å²) in [5, 5.41) is 3.23. The van der Waals surface area contributed by atoms with Crippen LogP contribution in [0.4, 0.5) is 14.5 Å². The average molecular weight is 246 g/mol. The lowest BCUT2D eigenvalue weighted by Gasteiger charge is -2.15. The highest BCUT2D eigenvalue weighted by molar-refractivity contribution is 5.46. The van der Waals surface area contributed by atoms with E-state index in [9.17, 15) is 8.78 Å². The van der Waals surface area contributed by atoms with Crippen molar-refractivity contribution in [3.05, 3.63) is 59.4 Å². The van der Waals surface area contributed by atoms with Gasteiger partial charge < -0.3 is 5.32 Å². The molecule has 0 saturated heterocycles. The molecule has 4 heteroatoms. The summed E-state index contributed by atoms with van der Waals surface area (Å²) in [5.74, 6) is -0.570. The fourth-order valence-electron chi connectivity index (χ4n) is 2.43. The summed E-state index contributed by atoms with van der Waals surface area (Å²) in [4.78, 5) is 3.80. The highest BCUT2D eigenvalue weighted by Gasteiger charge is 2.22. The number of aromatic nitrogens is 1. The van der Waals surface area contributed by atoms with E-state index in [1.165, 1.54) is 18.3 Å². The number of rotatable bonds is 2. The third-order valence-electron chi connectivity index (χ3n) is 3.23. The molecular weight excluding hydrogens is 234 g/mol. The van der Waals surface area contributed by atoms with E-state index >= 15 is 0 Å². The molecule has 18 heavy (non-hydrogen) atoms. The third-order valence-corrected chi connectivity index (χ3v) is 3.23. The first-order chi connectivity index (χ1) is 8.72. The number of benzene rings is 1. The van der Waals surface area contributed by atoms with Crippen molar-refractivity contribution in [3.8, 4) is 0 Å². The Morgan fingerprint density at radius 3 is 2.83 bits per heavy atom. The van der Waals surface area contributed by atoms with Gasteiger partial charge in [0.25, 0.3) is 0 Å². The summed E-state index contributed by atoms with van der Waals surface area (Å²) in [6.07, 6.45) is 4.48. The molecular formula is C14H12F2N2. The van der Waals surface area contributed by atoms with Crippen LogP contribution in [0, 0.1) is 11.6 Å². The van der Waals surface area contributed by atoms with Crippen molar-refractivity contribution in [2.45, 2.75) is 18.9 Å². The molecule has 1 aromatic carbocycles. The van der Waals surface area contributed by atoms with E-state index in [2.05, 4.69) is 10.3 Å². The van der Waals surface area contributed by atoms with Gasteiger partial charge in [0.1, 0.15) is 11.6 Å². The van der Waals surface area contributed by atoms with Crippen LogP contribution in [0.5, 0.6) is 0 Å². The van der Waals surface area contributed by atoms with Crippen LogP contribution in [-0.2, 0) is 6.42 Å². The molecule has 1 aromatic heterocycles. The molecule has 3 rings (SSSR count). The fraction of sp³-hybridized carbons (Fsp3) is 0.214. The maximum Gasteiger partial charge on any atom is 0.143 e. The van der Waals surface area contributed by atoms with Gasteiger partial charge in [0.15, 0.2) is 0 Å². The van der Waals surface area contributed by atoms with Gasteiger partial charge in [0.2, 0.25) is 0 Å². The van der Waals surface area contributed by atoms with Crippen molar-refractivity contribution in [2.24, 2.45) is 0 Å². The van der Waals surface area contributed by atoms with Gasteiger partial charge in [-0.2, -0.15) is 0 Å². The molecule has 0 fully saturated rings. The number of hydrogen-bond acceptors (Lipinski definition) is 2. The van der Waals surface area contributed by atoms with Gasteiger partial charge in [-0.25, -0.2) is 8.78 Å². The molecule has 1 unspecified atom stereocenters. The molecule has 1 aliphatic rings. The summed E-state index contributed by atoms with van der Waals surface area (Å²) < 4.78 is 26.1. The monoisotopic (exact) mass is 246 g/mol. The lowest BCUT2D eigenvalue weighted by molar-refractivity contribution is 0.621. The lowest BCUT2D eigenvalue weighted by Crippen LogP contribution is -2.07. The van der Waals surface area contributed by atoms with Crippen LogP contribution in [0.2, 0.25) is 0 Å². The largest absolute Gasteiger partial charge is 0.377 e. The smallest absolute Gasteiger partial charge is 0.143 e. The van der Waals surface area contributed by atoms with Gasteiger partial charge in [-0.1, -0.05) is 6.07 Å². The van der Waals surface area contributed by atoms with Gasteiger partial charge in [0.05, 0.1) is 24.1 Å². The number of nitrogens with one attached hydrogen (secondary N) is 1. The number of fused-ring (bicyclic) bond motifs is 1. The van der Waals surface area contributed by atoms with Crippen molar-refractivity contribution in [1.82, 2.24) is 4.98 Å². The van der Waals surface area contributed by atoms with Crippen LogP contribution >= 0.6 is 0 Å². The maximum absolute atomic E-state index is 13.1. The SMILES string of the molecule is Fc1cncc(NC2CCc3cc(F)ccc32)c1. The molecule has 0 bridgehead atoms. The molecule has 2 aromatic rings. The molecule has 0 radical (unpaired) electrons. The van der Waals surface area contributed by atoms with Gasteiger partial charge in [-0.3, -0.25) is 4.98 Å². The second-order valence-corrected chi connectivity index (χ2v) is 4.47. The van der Waals surface area contributed by atoms with Crippen molar-refractivity contribution >= 4 is 5.69 Å². The fourth-order valence-corrected chi connectivity index (χ4v) is 2.43. The van der Waals surface area contributed by atoms with E-state index < -0.39 is 0 Å². The topological polar surface area (TPSA) is 24.9 Å². The van der Waals surface area contributed by atoms with E-state index in [0.29, 0.717) is 5.69 Å². The predicted octanol–water partition coefficient (Wildman–Crippen LogP) is 3.46. The maximum atomic E-state index is 13.1. The van der Waals surface area contributed by atoms with Gasteiger partial charge in [-0.05, 0) is 36.1 Å². The van der Waals surface area contributed by atoms with Crippen molar-refractivity contribution in [1.29, 1.82) is 0 Å². The summed E-state index contributed by atoms with van der Waals surface area (Å²) >= 11 is 0. The molecule has 1 atom stereocenters. The van der Waals surface area contributed by atoms with Gasteiger partial charge in [-0.15, -0.1) is 0 Å². The first-order valence-corrected chi connectivity index (χ1v) is 5.88. The summed E-state index contributed by atoms with van der Waals surface area (Å²) in [6, 6.07) is 6.34. The Morgan fingerprint density at radius 1 is 1.11 bits per heavy atom. The van der Waals surface area contributed by atoms with Gasteiger partial charge in [0, 0.05) is 6.07 Å². The Bertz CT molecular complexity index is 584. The number of aryl methyl sites for hydroxylation is 1. The van der Waals surface area contributed by atoms with Crippen molar-refractivity contribution < 1.29 is 8.78 Å².